The van der Waals surface area contributed by atoms with Crippen molar-refractivity contribution in [1.82, 2.24) is 23.1 Å². The Morgan fingerprint density at radius 3 is 2.68 bits per heavy atom. The fourth-order valence-electron chi connectivity index (χ4n) is 4.47. The molecule has 162 valence electrons. The summed E-state index contributed by atoms with van der Waals surface area (Å²) in [6.45, 7) is 8.36. The Bertz CT molecular complexity index is 1400. The molecule has 1 aromatic carbocycles. The summed E-state index contributed by atoms with van der Waals surface area (Å²) in [5.41, 5.74) is 3.30. The first-order chi connectivity index (χ1) is 15.0. The van der Waals surface area contributed by atoms with E-state index in [2.05, 4.69) is 6.07 Å². The first kappa shape index (κ1) is 19.8. The molecule has 5 rings (SSSR count). The second-order valence-electron chi connectivity index (χ2n) is 8.31. The predicted molar refractivity (Wildman–Crippen MR) is 117 cm³/mol. The first-order valence-electron chi connectivity index (χ1n) is 10.6. The Morgan fingerprint density at radius 2 is 1.94 bits per heavy atom. The first-order valence-corrected chi connectivity index (χ1v) is 10.6. The summed E-state index contributed by atoms with van der Waals surface area (Å²) >= 11 is 0. The molecule has 0 bridgehead atoms. The number of morpholine rings is 1. The molecular weight excluding hydrogens is 396 g/mol. The number of rotatable bonds is 4. The molecule has 1 aliphatic rings. The number of imidazole rings is 2. The number of nitrogens with zero attached hydrogens (tertiary/aromatic N) is 5. The number of aryl methyl sites for hydroxylation is 3. The Labute approximate surface area is 178 Å². The minimum atomic E-state index is -0.329. The zero-order valence-electron chi connectivity index (χ0n) is 18.1. The number of hydrogen-bond donors (Lipinski definition) is 1. The third kappa shape index (κ3) is 3.21. The highest BCUT2D eigenvalue weighted by atomic mass is 16.5. The maximum atomic E-state index is 13.4. The van der Waals surface area contributed by atoms with Crippen LogP contribution in [0.15, 0.2) is 40.1 Å². The second-order valence-corrected chi connectivity index (χ2v) is 8.31. The van der Waals surface area contributed by atoms with Crippen LogP contribution in [0.5, 0.6) is 0 Å². The Kier molecular flexibility index (Phi) is 4.79. The summed E-state index contributed by atoms with van der Waals surface area (Å²) in [6, 6.07) is 8.14. The van der Waals surface area contributed by atoms with Crippen LogP contribution < -0.4 is 16.1 Å². The lowest BCUT2D eigenvalue weighted by Gasteiger charge is -2.23. The van der Waals surface area contributed by atoms with Crippen molar-refractivity contribution in [2.24, 2.45) is 7.05 Å². The van der Waals surface area contributed by atoms with Crippen molar-refractivity contribution >= 4 is 16.9 Å². The topological polar surface area (TPSA) is 79.9 Å². The van der Waals surface area contributed by atoms with E-state index in [0.717, 1.165) is 49.8 Å². The fraction of sp³-hybridized carbons (Fsp3) is 0.409. The van der Waals surface area contributed by atoms with Gasteiger partial charge in [-0.15, -0.1) is 0 Å². The van der Waals surface area contributed by atoms with Crippen LogP contribution in [-0.2, 0) is 18.3 Å². The highest BCUT2D eigenvalue weighted by Crippen LogP contribution is 2.21. The van der Waals surface area contributed by atoms with Gasteiger partial charge in [-0.3, -0.25) is 22.9 Å². The van der Waals surface area contributed by atoms with E-state index in [1.807, 2.05) is 47.2 Å². The normalized spacial score (nSPS) is 15.3. The lowest BCUT2D eigenvalue weighted by atomic mass is 10.2. The molecule has 3 aromatic heterocycles. The van der Waals surface area contributed by atoms with Crippen LogP contribution in [0.4, 0.5) is 0 Å². The molecule has 0 atom stereocenters. The Morgan fingerprint density at radius 1 is 1.16 bits per heavy atom. The van der Waals surface area contributed by atoms with Crippen LogP contribution in [0.25, 0.3) is 22.6 Å². The van der Waals surface area contributed by atoms with E-state index in [4.69, 9.17) is 9.72 Å². The van der Waals surface area contributed by atoms with E-state index in [9.17, 15) is 9.59 Å². The van der Waals surface area contributed by atoms with Gasteiger partial charge in [0.15, 0.2) is 11.2 Å². The summed E-state index contributed by atoms with van der Waals surface area (Å²) in [6.07, 6.45) is 1.91. The van der Waals surface area contributed by atoms with Gasteiger partial charge in [-0.25, -0.2) is 4.79 Å². The molecule has 31 heavy (non-hydrogen) atoms. The Balaban J connectivity index is 1.67. The molecule has 1 aliphatic heterocycles. The highest BCUT2D eigenvalue weighted by molar-refractivity contribution is 5.76. The van der Waals surface area contributed by atoms with Crippen molar-refractivity contribution in [2.75, 3.05) is 32.8 Å². The van der Waals surface area contributed by atoms with E-state index >= 15 is 0 Å². The lowest BCUT2D eigenvalue weighted by molar-refractivity contribution is -0.908. The molecule has 4 aromatic rings. The number of quaternary nitrogens is 1. The molecule has 1 saturated heterocycles. The van der Waals surface area contributed by atoms with Gasteiger partial charge in [0.25, 0.3) is 5.56 Å². The molecule has 1 fully saturated rings. The third-order valence-electron chi connectivity index (χ3n) is 6.17. The zero-order valence-corrected chi connectivity index (χ0v) is 18.1. The predicted octanol–water partition coefficient (Wildman–Crippen LogP) is -0.329. The number of hydrogen-bond acceptors (Lipinski definition) is 4. The molecular formula is C22H27N6O3+. The summed E-state index contributed by atoms with van der Waals surface area (Å²) in [4.78, 5) is 32.4. The number of nitrogens with one attached hydrogen (secondary N) is 1. The monoisotopic (exact) mass is 423 g/mol. The van der Waals surface area contributed by atoms with Crippen LogP contribution in [0.3, 0.4) is 0 Å². The smallest absolute Gasteiger partial charge is 0.332 e. The highest BCUT2D eigenvalue weighted by Gasteiger charge is 2.22. The van der Waals surface area contributed by atoms with Crippen LogP contribution in [0.2, 0.25) is 0 Å². The second kappa shape index (κ2) is 7.51. The van der Waals surface area contributed by atoms with Crippen molar-refractivity contribution in [3.05, 3.63) is 62.6 Å². The molecule has 0 spiro atoms. The van der Waals surface area contributed by atoms with Crippen molar-refractivity contribution in [3.8, 4) is 5.69 Å². The number of benzene rings is 1. The average molecular weight is 423 g/mol. The molecule has 0 saturated carbocycles. The minimum Gasteiger partial charge on any atom is -0.370 e. The van der Waals surface area contributed by atoms with Gasteiger partial charge in [0.05, 0.1) is 26.3 Å². The van der Waals surface area contributed by atoms with E-state index in [-0.39, 0.29) is 11.2 Å². The molecule has 1 N–H and O–H groups in total. The molecule has 0 aliphatic carbocycles. The molecule has 9 nitrogen and oxygen atoms in total. The molecule has 0 radical (unpaired) electrons. The van der Waals surface area contributed by atoms with Gasteiger partial charge >= 0.3 is 5.69 Å². The SMILES string of the molecule is Cc1cccc(-n2c(C)cn3c4c(=O)n(CC[NH+]5CCOCC5)c(=O)n(C)c4nc23)c1. The van der Waals surface area contributed by atoms with Gasteiger partial charge in [0.2, 0.25) is 5.78 Å². The average Bonchev–Trinajstić information content (AvgIpc) is 3.27. The number of aromatic nitrogens is 5. The number of fused-ring (bicyclic) bond motifs is 3. The number of ether oxygens (including phenoxy) is 1. The quantitative estimate of drug-likeness (QED) is 0.488. The van der Waals surface area contributed by atoms with Gasteiger partial charge in [-0.05, 0) is 31.5 Å². The fourth-order valence-corrected chi connectivity index (χ4v) is 4.47. The summed E-state index contributed by atoms with van der Waals surface area (Å²) in [7, 11) is 1.68. The lowest BCUT2D eigenvalue weighted by Crippen LogP contribution is -3.14. The van der Waals surface area contributed by atoms with Gasteiger partial charge in [0, 0.05) is 24.6 Å². The summed E-state index contributed by atoms with van der Waals surface area (Å²) in [5.74, 6) is 0.627. The van der Waals surface area contributed by atoms with Gasteiger partial charge in [-0.1, -0.05) is 12.1 Å². The minimum absolute atomic E-state index is 0.292. The third-order valence-corrected chi connectivity index (χ3v) is 6.17. The van der Waals surface area contributed by atoms with Crippen molar-refractivity contribution in [1.29, 1.82) is 0 Å². The van der Waals surface area contributed by atoms with E-state index in [1.54, 1.807) is 7.05 Å². The standard InChI is InChI=1S/C22H26N6O3/c1-15-5-4-6-17(13-15)28-16(2)14-27-18-19(23-21(27)28)24(3)22(30)26(20(18)29)8-7-25-9-11-31-12-10-25/h4-6,13-14H,7-12H2,1-3H3/p+1. The van der Waals surface area contributed by atoms with Crippen molar-refractivity contribution in [2.45, 2.75) is 20.4 Å². The Hall–Kier alpha value is -3.17. The van der Waals surface area contributed by atoms with E-state index in [0.29, 0.717) is 23.5 Å². The van der Waals surface area contributed by atoms with Gasteiger partial charge in [-0.2, -0.15) is 4.98 Å². The largest absolute Gasteiger partial charge is 0.370 e. The molecule has 0 amide bonds. The maximum Gasteiger partial charge on any atom is 0.332 e. The summed E-state index contributed by atoms with van der Waals surface area (Å²) in [5, 5.41) is 0. The molecule has 4 heterocycles. The van der Waals surface area contributed by atoms with E-state index in [1.165, 1.54) is 14.0 Å². The van der Waals surface area contributed by atoms with Crippen molar-refractivity contribution in [3.63, 3.8) is 0 Å². The van der Waals surface area contributed by atoms with Gasteiger partial charge < -0.3 is 9.64 Å². The maximum absolute atomic E-state index is 13.4. The molecule has 9 heteroatoms. The van der Waals surface area contributed by atoms with Crippen molar-refractivity contribution < 1.29 is 9.64 Å². The van der Waals surface area contributed by atoms with Crippen LogP contribution in [0.1, 0.15) is 11.3 Å². The van der Waals surface area contributed by atoms with Crippen LogP contribution in [-0.4, -0.2) is 55.9 Å². The van der Waals surface area contributed by atoms with E-state index < -0.39 is 0 Å². The molecule has 0 unspecified atom stereocenters. The van der Waals surface area contributed by atoms with Gasteiger partial charge in [0.1, 0.15) is 13.1 Å². The summed E-state index contributed by atoms with van der Waals surface area (Å²) < 4.78 is 12.1. The zero-order chi connectivity index (χ0) is 21.7. The van der Waals surface area contributed by atoms with Crippen LogP contribution >= 0.6 is 0 Å². The van der Waals surface area contributed by atoms with Crippen LogP contribution in [0, 0.1) is 13.8 Å².